The molecule has 136 valence electrons. The average Bonchev–Trinajstić information content (AvgIpc) is 2.68. The van der Waals surface area contributed by atoms with Crippen LogP contribution in [-0.2, 0) is 0 Å². The number of carbonyl (C=O) groups is 1. The molecule has 1 amide bonds. The lowest BCUT2D eigenvalue weighted by molar-refractivity contribution is -0.0498. The van der Waals surface area contributed by atoms with Crippen molar-refractivity contribution in [1.29, 1.82) is 0 Å². The fourth-order valence-electron chi connectivity index (χ4n) is 2.88. The van der Waals surface area contributed by atoms with E-state index in [9.17, 15) is 13.6 Å². The van der Waals surface area contributed by atoms with Crippen LogP contribution in [0.4, 0.5) is 8.78 Å². The van der Waals surface area contributed by atoms with Gasteiger partial charge in [-0.05, 0) is 54.0 Å². The molecule has 3 rings (SSSR count). The lowest BCUT2D eigenvalue weighted by atomic mass is 9.99. The van der Waals surface area contributed by atoms with Crippen molar-refractivity contribution in [3.8, 4) is 11.5 Å². The number of benzene rings is 2. The van der Waals surface area contributed by atoms with Gasteiger partial charge in [0.05, 0.1) is 7.11 Å². The van der Waals surface area contributed by atoms with Crippen molar-refractivity contribution in [3.63, 3.8) is 0 Å². The van der Waals surface area contributed by atoms with Gasteiger partial charge in [-0.15, -0.1) is 0 Å². The molecule has 1 heterocycles. The zero-order valence-corrected chi connectivity index (χ0v) is 14.3. The van der Waals surface area contributed by atoms with E-state index in [1.165, 1.54) is 29.8 Å². The van der Waals surface area contributed by atoms with Crippen LogP contribution in [-0.4, -0.2) is 37.6 Å². The van der Waals surface area contributed by atoms with Crippen LogP contribution in [0, 0.1) is 0 Å². The molecule has 0 aliphatic carbocycles. The van der Waals surface area contributed by atoms with Crippen LogP contribution in [0.1, 0.15) is 22.3 Å². The molecule has 2 aromatic rings. The number of amides is 1. The molecule has 0 bridgehead atoms. The van der Waals surface area contributed by atoms with E-state index < -0.39 is 6.61 Å². The molecular weight excluding hydrogens is 340 g/mol. The molecule has 0 unspecified atom stereocenters. The van der Waals surface area contributed by atoms with Crippen molar-refractivity contribution in [2.24, 2.45) is 0 Å². The minimum atomic E-state index is -2.87. The van der Waals surface area contributed by atoms with E-state index in [-0.39, 0.29) is 11.7 Å². The lowest BCUT2D eigenvalue weighted by Gasteiger charge is -2.27. The van der Waals surface area contributed by atoms with Crippen molar-refractivity contribution in [2.75, 3.05) is 20.2 Å². The van der Waals surface area contributed by atoms with Crippen molar-refractivity contribution >= 4 is 11.5 Å². The molecule has 0 atom stereocenters. The Kier molecular flexibility index (Phi) is 5.51. The van der Waals surface area contributed by atoms with E-state index in [0.717, 1.165) is 17.7 Å². The first-order chi connectivity index (χ1) is 12.6. The van der Waals surface area contributed by atoms with Gasteiger partial charge in [0.25, 0.3) is 5.91 Å². The molecule has 26 heavy (non-hydrogen) atoms. The Morgan fingerprint density at radius 1 is 1.04 bits per heavy atom. The van der Waals surface area contributed by atoms with Gasteiger partial charge >= 0.3 is 6.61 Å². The molecule has 1 aliphatic rings. The summed E-state index contributed by atoms with van der Waals surface area (Å²) in [5.74, 6) is 0.719. The van der Waals surface area contributed by atoms with E-state index in [0.29, 0.717) is 18.7 Å². The quantitative estimate of drug-likeness (QED) is 0.802. The maximum absolute atomic E-state index is 12.6. The van der Waals surface area contributed by atoms with E-state index in [1.54, 1.807) is 12.0 Å². The Bertz CT molecular complexity index is 786. The van der Waals surface area contributed by atoms with E-state index in [2.05, 4.69) is 4.74 Å². The summed E-state index contributed by atoms with van der Waals surface area (Å²) in [4.78, 5) is 14.3. The van der Waals surface area contributed by atoms with Crippen molar-refractivity contribution < 1.29 is 23.0 Å². The maximum atomic E-state index is 12.6. The zero-order valence-electron chi connectivity index (χ0n) is 14.3. The smallest absolute Gasteiger partial charge is 0.387 e. The second kappa shape index (κ2) is 7.99. The molecule has 6 heteroatoms. The Balaban J connectivity index is 1.64. The van der Waals surface area contributed by atoms with E-state index in [1.807, 2.05) is 30.3 Å². The molecule has 2 aromatic carbocycles. The number of nitrogens with zero attached hydrogens (tertiary/aromatic N) is 1. The summed E-state index contributed by atoms with van der Waals surface area (Å²) in [7, 11) is 1.63. The van der Waals surface area contributed by atoms with Crippen LogP contribution < -0.4 is 9.47 Å². The van der Waals surface area contributed by atoms with Crippen molar-refractivity contribution in [2.45, 2.75) is 13.0 Å². The highest BCUT2D eigenvalue weighted by molar-refractivity contribution is 5.95. The van der Waals surface area contributed by atoms with E-state index in [4.69, 9.17) is 4.74 Å². The number of methoxy groups -OCH3 is 1. The molecule has 1 aliphatic heterocycles. The summed E-state index contributed by atoms with van der Waals surface area (Å²) in [6.07, 6.45) is 2.79. The van der Waals surface area contributed by atoms with Crippen molar-refractivity contribution in [3.05, 3.63) is 65.7 Å². The highest BCUT2D eigenvalue weighted by atomic mass is 19.3. The fourth-order valence-corrected chi connectivity index (χ4v) is 2.88. The van der Waals surface area contributed by atoms with Crippen molar-refractivity contribution in [1.82, 2.24) is 4.90 Å². The molecule has 0 aromatic heterocycles. The summed E-state index contributed by atoms with van der Waals surface area (Å²) in [6.45, 7) is -1.76. The van der Waals surface area contributed by atoms with Crippen LogP contribution >= 0.6 is 0 Å². The van der Waals surface area contributed by atoms with Gasteiger partial charge in [-0.2, -0.15) is 8.78 Å². The Labute approximate surface area is 150 Å². The highest BCUT2D eigenvalue weighted by Crippen LogP contribution is 2.25. The number of carbonyl (C=O) groups excluding carboxylic acids is 1. The van der Waals surface area contributed by atoms with Crippen LogP contribution in [0.15, 0.2) is 54.6 Å². The summed E-state index contributed by atoms with van der Waals surface area (Å²) < 4.78 is 33.8. The summed E-state index contributed by atoms with van der Waals surface area (Å²) in [5, 5.41) is 0. The number of hydrogen-bond donors (Lipinski definition) is 0. The van der Waals surface area contributed by atoms with Gasteiger partial charge in [0.1, 0.15) is 11.5 Å². The number of alkyl halides is 2. The molecule has 0 saturated carbocycles. The zero-order chi connectivity index (χ0) is 18.5. The molecule has 4 nitrogen and oxygen atoms in total. The SMILES string of the molecule is COc1ccc(C2=CCN(C(=O)c3ccc(OC(F)F)cc3)CC2)cc1. The number of hydrogen-bond acceptors (Lipinski definition) is 3. The first-order valence-corrected chi connectivity index (χ1v) is 8.24. The summed E-state index contributed by atoms with van der Waals surface area (Å²) >= 11 is 0. The standard InChI is InChI=1S/C20H19F2NO3/c1-25-17-6-2-14(3-7-17)15-10-12-23(13-11-15)19(24)16-4-8-18(9-5-16)26-20(21)22/h2-10,20H,11-13H2,1H3. The first kappa shape index (κ1) is 17.9. The van der Waals surface area contributed by atoms with Gasteiger partial charge in [-0.25, -0.2) is 0 Å². The second-order valence-corrected chi connectivity index (χ2v) is 5.86. The van der Waals surface area contributed by atoms with Crippen LogP contribution in [0.2, 0.25) is 0 Å². The molecule has 0 saturated heterocycles. The molecule has 0 fully saturated rings. The average molecular weight is 359 g/mol. The largest absolute Gasteiger partial charge is 0.497 e. The lowest BCUT2D eigenvalue weighted by Crippen LogP contribution is -2.34. The Morgan fingerprint density at radius 2 is 1.69 bits per heavy atom. The number of ether oxygens (including phenoxy) is 2. The topological polar surface area (TPSA) is 38.8 Å². The monoisotopic (exact) mass is 359 g/mol. The van der Waals surface area contributed by atoms with Crippen LogP contribution in [0.25, 0.3) is 5.57 Å². The molecule has 0 radical (unpaired) electrons. The first-order valence-electron chi connectivity index (χ1n) is 8.24. The minimum Gasteiger partial charge on any atom is -0.497 e. The Hall–Kier alpha value is -2.89. The van der Waals surface area contributed by atoms with E-state index >= 15 is 0 Å². The van der Waals surface area contributed by atoms with Gasteiger partial charge in [0, 0.05) is 18.7 Å². The minimum absolute atomic E-state index is 0.0388. The third-order valence-corrected chi connectivity index (χ3v) is 4.28. The Morgan fingerprint density at radius 3 is 2.23 bits per heavy atom. The predicted molar refractivity (Wildman–Crippen MR) is 94.6 cm³/mol. The molecular formula is C20H19F2NO3. The third kappa shape index (κ3) is 4.20. The molecule has 0 N–H and O–H groups in total. The van der Waals surface area contributed by atoms with Gasteiger partial charge in [-0.1, -0.05) is 18.2 Å². The van der Waals surface area contributed by atoms with Gasteiger partial charge in [0.2, 0.25) is 0 Å². The van der Waals surface area contributed by atoms with Crippen LogP contribution in [0.5, 0.6) is 11.5 Å². The molecule has 0 spiro atoms. The van der Waals surface area contributed by atoms with Gasteiger partial charge < -0.3 is 14.4 Å². The normalized spacial score (nSPS) is 14.2. The number of halogens is 2. The second-order valence-electron chi connectivity index (χ2n) is 5.86. The number of rotatable bonds is 5. The van der Waals surface area contributed by atoms with Gasteiger partial charge in [0.15, 0.2) is 0 Å². The predicted octanol–water partition coefficient (Wildman–Crippen LogP) is 4.23. The third-order valence-electron chi connectivity index (χ3n) is 4.28. The summed E-state index contributed by atoms with van der Waals surface area (Å²) in [6, 6.07) is 13.6. The summed E-state index contributed by atoms with van der Waals surface area (Å²) in [5.41, 5.74) is 2.76. The highest BCUT2D eigenvalue weighted by Gasteiger charge is 2.19. The fraction of sp³-hybridized carbons (Fsp3) is 0.250. The van der Waals surface area contributed by atoms with Gasteiger partial charge in [-0.3, -0.25) is 4.79 Å². The maximum Gasteiger partial charge on any atom is 0.387 e. The van der Waals surface area contributed by atoms with Crippen LogP contribution in [0.3, 0.4) is 0 Å².